The Bertz CT molecular complexity index is 906. The van der Waals surface area contributed by atoms with E-state index in [1.54, 1.807) is 16.8 Å². The van der Waals surface area contributed by atoms with Gasteiger partial charge in [-0.2, -0.15) is 9.83 Å². The number of pyridine rings is 1. The Kier molecular flexibility index (Phi) is 3.86. The van der Waals surface area contributed by atoms with Gasteiger partial charge in [0.25, 0.3) is 5.52 Å². The van der Waals surface area contributed by atoms with Gasteiger partial charge < -0.3 is 9.94 Å². The van der Waals surface area contributed by atoms with Crippen LogP contribution in [0.1, 0.15) is 24.5 Å². The standard InChI is InChI=1S/C17H15ClFN3O2/c18-13-4-3-12(10-14(13)19)22-15-2-1-7-21(23)17(15)16(20-22)11-5-8-24-9-6-11/h1-4,7,10-11H,5-6,8-9H2. The van der Waals surface area contributed by atoms with Crippen molar-refractivity contribution in [3.63, 3.8) is 0 Å². The largest absolute Gasteiger partial charge is 0.618 e. The van der Waals surface area contributed by atoms with Crippen molar-refractivity contribution in [1.82, 2.24) is 9.78 Å². The topological polar surface area (TPSA) is 54.0 Å². The first-order valence-electron chi connectivity index (χ1n) is 7.79. The molecule has 0 radical (unpaired) electrons. The molecule has 0 N–H and O–H groups in total. The van der Waals surface area contributed by atoms with Crippen LogP contribution < -0.4 is 4.73 Å². The van der Waals surface area contributed by atoms with Crippen LogP contribution in [0.2, 0.25) is 5.02 Å². The van der Waals surface area contributed by atoms with Crippen LogP contribution in [0.25, 0.3) is 16.7 Å². The molecule has 24 heavy (non-hydrogen) atoms. The highest BCUT2D eigenvalue weighted by atomic mass is 35.5. The van der Waals surface area contributed by atoms with Crippen LogP contribution in [0.3, 0.4) is 0 Å². The summed E-state index contributed by atoms with van der Waals surface area (Å²) in [6.07, 6.45) is 3.09. The number of hydrogen-bond acceptors (Lipinski definition) is 3. The van der Waals surface area contributed by atoms with E-state index in [1.807, 2.05) is 6.07 Å². The molecule has 3 heterocycles. The third-order valence-electron chi connectivity index (χ3n) is 4.37. The zero-order valence-electron chi connectivity index (χ0n) is 12.8. The number of halogens is 2. The summed E-state index contributed by atoms with van der Waals surface area (Å²) in [6, 6.07) is 7.97. The molecule has 3 aromatic rings. The molecule has 1 aromatic carbocycles. The highest BCUT2D eigenvalue weighted by molar-refractivity contribution is 6.30. The van der Waals surface area contributed by atoms with Crippen molar-refractivity contribution in [1.29, 1.82) is 0 Å². The summed E-state index contributed by atoms with van der Waals surface area (Å²) in [5.74, 6) is -0.362. The minimum absolute atomic E-state index is 0.0544. The molecule has 7 heteroatoms. The van der Waals surface area contributed by atoms with Crippen molar-refractivity contribution in [3.05, 3.63) is 58.3 Å². The molecule has 0 amide bonds. The van der Waals surface area contributed by atoms with Gasteiger partial charge in [-0.05, 0) is 31.0 Å². The fourth-order valence-corrected chi connectivity index (χ4v) is 3.28. The quantitative estimate of drug-likeness (QED) is 0.527. The fourth-order valence-electron chi connectivity index (χ4n) is 3.16. The summed E-state index contributed by atoms with van der Waals surface area (Å²) in [5, 5.41) is 17.0. The number of hydrogen-bond donors (Lipinski definition) is 0. The number of rotatable bonds is 2. The molecule has 1 saturated heterocycles. The lowest BCUT2D eigenvalue weighted by Gasteiger charge is -2.19. The third-order valence-corrected chi connectivity index (χ3v) is 4.68. The van der Waals surface area contributed by atoms with Gasteiger partial charge in [-0.25, -0.2) is 9.07 Å². The van der Waals surface area contributed by atoms with Gasteiger partial charge in [-0.15, -0.1) is 0 Å². The molecule has 0 aliphatic carbocycles. The number of nitrogens with zero attached hydrogens (tertiary/aromatic N) is 3. The van der Waals surface area contributed by atoms with Crippen LogP contribution in [0.4, 0.5) is 4.39 Å². The average Bonchev–Trinajstić information content (AvgIpc) is 2.99. The molecule has 0 atom stereocenters. The van der Waals surface area contributed by atoms with Crippen LogP contribution in [-0.4, -0.2) is 23.0 Å². The smallest absolute Gasteiger partial charge is 0.266 e. The van der Waals surface area contributed by atoms with E-state index in [0.29, 0.717) is 29.9 Å². The van der Waals surface area contributed by atoms with Gasteiger partial charge in [0.05, 0.1) is 10.7 Å². The normalized spacial score (nSPS) is 15.9. The van der Waals surface area contributed by atoms with Crippen LogP contribution in [0.5, 0.6) is 0 Å². The SMILES string of the molecule is [O-][n+]1cccc2c1c(C1CCOCC1)nn2-c1ccc(Cl)c(F)c1. The van der Waals surface area contributed by atoms with E-state index >= 15 is 0 Å². The first-order chi connectivity index (χ1) is 11.6. The Hall–Kier alpha value is -2.18. The maximum Gasteiger partial charge on any atom is 0.266 e. The lowest BCUT2D eigenvalue weighted by molar-refractivity contribution is -0.577. The third kappa shape index (κ3) is 2.52. The van der Waals surface area contributed by atoms with E-state index in [2.05, 4.69) is 5.10 Å². The van der Waals surface area contributed by atoms with E-state index in [9.17, 15) is 9.60 Å². The second-order valence-electron chi connectivity index (χ2n) is 5.85. The zero-order valence-corrected chi connectivity index (χ0v) is 13.5. The average molecular weight is 348 g/mol. The predicted octanol–water partition coefficient (Wildman–Crippen LogP) is 3.35. The lowest BCUT2D eigenvalue weighted by atomic mass is 9.96. The van der Waals surface area contributed by atoms with E-state index in [-0.39, 0.29) is 10.9 Å². The number of fused-ring (bicyclic) bond motifs is 1. The molecule has 1 aliphatic rings. The van der Waals surface area contributed by atoms with E-state index in [4.69, 9.17) is 16.3 Å². The number of aromatic nitrogens is 3. The molecule has 0 bridgehead atoms. The maximum absolute atomic E-state index is 13.8. The van der Waals surface area contributed by atoms with Gasteiger partial charge in [0.2, 0.25) is 0 Å². The van der Waals surface area contributed by atoms with Gasteiger partial charge in [0.15, 0.2) is 6.20 Å². The Labute approximate surface area is 142 Å². The molecule has 1 fully saturated rings. The summed E-state index contributed by atoms with van der Waals surface area (Å²) < 4.78 is 21.7. The molecule has 2 aromatic heterocycles. The van der Waals surface area contributed by atoms with Crippen LogP contribution in [-0.2, 0) is 4.74 Å². The Morgan fingerprint density at radius 3 is 2.83 bits per heavy atom. The summed E-state index contributed by atoms with van der Waals surface area (Å²) in [4.78, 5) is 0. The van der Waals surface area contributed by atoms with E-state index < -0.39 is 5.82 Å². The molecular formula is C17H15ClFN3O2. The second kappa shape index (κ2) is 6.03. The molecule has 0 spiro atoms. The van der Waals surface area contributed by atoms with Crippen LogP contribution in [0.15, 0.2) is 36.5 Å². The molecule has 5 nitrogen and oxygen atoms in total. The highest BCUT2D eigenvalue weighted by Gasteiger charge is 2.27. The monoisotopic (exact) mass is 347 g/mol. The highest BCUT2D eigenvalue weighted by Crippen LogP contribution is 2.31. The van der Waals surface area contributed by atoms with Gasteiger partial charge >= 0.3 is 0 Å². The lowest BCUT2D eigenvalue weighted by Crippen LogP contribution is -2.27. The van der Waals surface area contributed by atoms with Gasteiger partial charge in [0, 0.05) is 31.3 Å². The minimum Gasteiger partial charge on any atom is -0.618 e. The summed E-state index contributed by atoms with van der Waals surface area (Å²) in [6.45, 7) is 1.31. The Morgan fingerprint density at radius 1 is 1.29 bits per heavy atom. The van der Waals surface area contributed by atoms with Crippen molar-refractivity contribution in [3.8, 4) is 5.69 Å². The van der Waals surface area contributed by atoms with Gasteiger partial charge in [-0.1, -0.05) is 11.6 Å². The molecule has 124 valence electrons. The van der Waals surface area contributed by atoms with Gasteiger partial charge in [-0.3, -0.25) is 0 Å². The number of benzene rings is 1. The van der Waals surface area contributed by atoms with Crippen LogP contribution in [0, 0.1) is 11.0 Å². The van der Waals surface area contributed by atoms with E-state index in [0.717, 1.165) is 23.3 Å². The zero-order chi connectivity index (χ0) is 16.7. The van der Waals surface area contributed by atoms with Crippen molar-refractivity contribution < 1.29 is 13.9 Å². The summed E-state index contributed by atoms with van der Waals surface area (Å²) in [5.41, 5.74) is 2.45. The van der Waals surface area contributed by atoms with Gasteiger partial charge in [0.1, 0.15) is 17.0 Å². The van der Waals surface area contributed by atoms with Crippen molar-refractivity contribution >= 4 is 22.6 Å². The first-order valence-corrected chi connectivity index (χ1v) is 8.17. The minimum atomic E-state index is -0.517. The molecule has 0 saturated carbocycles. The van der Waals surface area contributed by atoms with Crippen molar-refractivity contribution in [2.45, 2.75) is 18.8 Å². The van der Waals surface area contributed by atoms with E-state index in [1.165, 1.54) is 18.3 Å². The molecule has 0 unspecified atom stereocenters. The Balaban J connectivity index is 1.92. The summed E-state index contributed by atoms with van der Waals surface area (Å²) >= 11 is 5.77. The molecule has 1 aliphatic heterocycles. The van der Waals surface area contributed by atoms with Crippen molar-refractivity contribution in [2.24, 2.45) is 0 Å². The second-order valence-corrected chi connectivity index (χ2v) is 6.26. The Morgan fingerprint density at radius 2 is 2.08 bits per heavy atom. The van der Waals surface area contributed by atoms with Crippen molar-refractivity contribution in [2.75, 3.05) is 13.2 Å². The molecular weight excluding hydrogens is 333 g/mol. The molecule has 4 rings (SSSR count). The van der Waals surface area contributed by atoms with Crippen LogP contribution >= 0.6 is 11.6 Å². The first kappa shape index (κ1) is 15.4. The predicted molar refractivity (Wildman–Crippen MR) is 87.8 cm³/mol. The maximum atomic E-state index is 13.8. The summed E-state index contributed by atoms with van der Waals surface area (Å²) in [7, 11) is 0. The fraction of sp³-hybridized carbons (Fsp3) is 0.294. The number of ether oxygens (including phenoxy) is 1.